The van der Waals surface area contributed by atoms with Crippen LogP contribution in [0, 0.1) is 5.41 Å². The largest absolute Gasteiger partial charge is 0.465 e. The first-order chi connectivity index (χ1) is 5.85. The van der Waals surface area contributed by atoms with E-state index in [1.165, 1.54) is 0 Å². The summed E-state index contributed by atoms with van der Waals surface area (Å²) in [4.78, 5) is 21.8. The van der Waals surface area contributed by atoms with Crippen molar-refractivity contribution < 1.29 is 14.3 Å². The Morgan fingerprint density at radius 2 is 1.85 bits per heavy atom. The van der Waals surface area contributed by atoms with E-state index in [2.05, 4.69) is 15.9 Å². The van der Waals surface area contributed by atoms with Crippen LogP contribution < -0.4 is 0 Å². The SMILES string of the molecule is CC(C)(C)COC(=O)CC(=O)CBr. The van der Waals surface area contributed by atoms with E-state index in [9.17, 15) is 9.59 Å². The Morgan fingerprint density at radius 3 is 2.23 bits per heavy atom. The average Bonchev–Trinajstić information content (AvgIpc) is 1.99. The molecule has 0 atom stereocenters. The Hall–Kier alpha value is -0.380. The summed E-state index contributed by atoms with van der Waals surface area (Å²) in [6.45, 7) is 6.24. The summed E-state index contributed by atoms with van der Waals surface area (Å²) in [7, 11) is 0. The van der Waals surface area contributed by atoms with Gasteiger partial charge in [-0.1, -0.05) is 36.7 Å². The van der Waals surface area contributed by atoms with Crippen LogP contribution in [0.15, 0.2) is 0 Å². The quantitative estimate of drug-likeness (QED) is 0.435. The highest BCUT2D eigenvalue weighted by Crippen LogP contribution is 2.13. The molecular formula is C9H15BrO3. The van der Waals surface area contributed by atoms with Gasteiger partial charge in [0.2, 0.25) is 0 Å². The number of rotatable bonds is 4. The maximum atomic E-state index is 11.0. The van der Waals surface area contributed by atoms with Gasteiger partial charge in [-0.15, -0.1) is 0 Å². The summed E-state index contributed by atoms with van der Waals surface area (Å²) in [6, 6.07) is 0. The third kappa shape index (κ3) is 7.96. The maximum Gasteiger partial charge on any atom is 0.313 e. The summed E-state index contributed by atoms with van der Waals surface area (Å²) >= 11 is 2.98. The number of hydrogen-bond donors (Lipinski definition) is 0. The highest BCUT2D eigenvalue weighted by atomic mass is 79.9. The molecule has 0 aromatic carbocycles. The lowest BCUT2D eigenvalue weighted by Gasteiger charge is -2.17. The van der Waals surface area contributed by atoms with Gasteiger partial charge >= 0.3 is 5.97 Å². The molecule has 0 saturated carbocycles. The molecule has 0 spiro atoms. The second-order valence-electron chi connectivity index (χ2n) is 4.07. The van der Waals surface area contributed by atoms with Crippen molar-refractivity contribution in [2.24, 2.45) is 5.41 Å². The third-order valence-electron chi connectivity index (χ3n) is 1.16. The molecule has 0 N–H and O–H groups in total. The van der Waals surface area contributed by atoms with Crippen molar-refractivity contribution in [3.63, 3.8) is 0 Å². The van der Waals surface area contributed by atoms with E-state index < -0.39 is 5.97 Å². The van der Waals surface area contributed by atoms with Gasteiger partial charge in [0, 0.05) is 0 Å². The number of ketones is 1. The van der Waals surface area contributed by atoms with Crippen LogP contribution in [0.1, 0.15) is 27.2 Å². The lowest BCUT2D eigenvalue weighted by Crippen LogP contribution is -2.20. The first-order valence-electron chi connectivity index (χ1n) is 4.08. The van der Waals surface area contributed by atoms with Crippen LogP contribution in [0.25, 0.3) is 0 Å². The fourth-order valence-electron chi connectivity index (χ4n) is 0.556. The van der Waals surface area contributed by atoms with Gasteiger partial charge in [-0.05, 0) is 5.41 Å². The summed E-state index contributed by atoms with van der Waals surface area (Å²) in [6.07, 6.45) is -0.138. The molecule has 0 aliphatic heterocycles. The number of alkyl halides is 1. The summed E-state index contributed by atoms with van der Waals surface area (Å²) in [5.74, 6) is -0.599. The van der Waals surface area contributed by atoms with E-state index in [-0.39, 0.29) is 22.9 Å². The number of halogens is 1. The molecule has 0 aromatic rings. The highest BCUT2D eigenvalue weighted by Gasteiger charge is 2.15. The first-order valence-corrected chi connectivity index (χ1v) is 5.20. The molecule has 0 aliphatic rings. The van der Waals surface area contributed by atoms with Crippen LogP contribution in [0.2, 0.25) is 0 Å². The van der Waals surface area contributed by atoms with Crippen molar-refractivity contribution in [1.29, 1.82) is 0 Å². The van der Waals surface area contributed by atoms with Crippen molar-refractivity contribution in [3.8, 4) is 0 Å². The van der Waals surface area contributed by atoms with Gasteiger partial charge in [0.1, 0.15) is 6.42 Å². The molecule has 13 heavy (non-hydrogen) atoms. The standard InChI is InChI=1S/C9H15BrO3/c1-9(2,3)6-13-8(12)4-7(11)5-10/h4-6H2,1-3H3. The van der Waals surface area contributed by atoms with E-state index in [1.807, 2.05) is 20.8 Å². The number of carbonyl (C=O) groups excluding carboxylic acids is 2. The minimum atomic E-state index is -0.445. The summed E-state index contributed by atoms with van der Waals surface area (Å²) in [5, 5.41) is 0.206. The minimum Gasteiger partial charge on any atom is -0.465 e. The van der Waals surface area contributed by atoms with Gasteiger partial charge in [0.05, 0.1) is 11.9 Å². The van der Waals surface area contributed by atoms with Gasteiger partial charge in [-0.2, -0.15) is 0 Å². The zero-order chi connectivity index (χ0) is 10.5. The molecule has 0 heterocycles. The fraction of sp³-hybridized carbons (Fsp3) is 0.778. The zero-order valence-corrected chi connectivity index (χ0v) is 9.81. The van der Waals surface area contributed by atoms with Crippen LogP contribution >= 0.6 is 15.9 Å². The third-order valence-corrected chi connectivity index (χ3v) is 1.78. The molecule has 0 aliphatic carbocycles. The van der Waals surface area contributed by atoms with Crippen molar-refractivity contribution in [3.05, 3.63) is 0 Å². The van der Waals surface area contributed by atoms with Crippen LogP contribution in [0.4, 0.5) is 0 Å². The zero-order valence-electron chi connectivity index (χ0n) is 8.22. The minimum absolute atomic E-state index is 0.0485. The molecule has 76 valence electrons. The molecule has 0 aromatic heterocycles. The second kappa shape index (κ2) is 5.37. The Labute approximate surface area is 87.0 Å². The highest BCUT2D eigenvalue weighted by molar-refractivity contribution is 9.09. The number of carbonyl (C=O) groups is 2. The van der Waals surface area contributed by atoms with Crippen molar-refractivity contribution >= 4 is 27.7 Å². The van der Waals surface area contributed by atoms with Gasteiger partial charge < -0.3 is 4.74 Å². The van der Waals surface area contributed by atoms with E-state index in [0.717, 1.165) is 0 Å². The van der Waals surface area contributed by atoms with Crippen LogP contribution in [-0.4, -0.2) is 23.7 Å². The molecule has 0 fully saturated rings. The number of esters is 1. The van der Waals surface area contributed by atoms with Crippen molar-refractivity contribution in [1.82, 2.24) is 0 Å². The average molecular weight is 251 g/mol. The van der Waals surface area contributed by atoms with Gasteiger partial charge in [0.15, 0.2) is 5.78 Å². The molecule has 0 radical (unpaired) electrons. The van der Waals surface area contributed by atoms with Gasteiger partial charge in [-0.25, -0.2) is 0 Å². The van der Waals surface area contributed by atoms with Gasteiger partial charge in [-0.3, -0.25) is 9.59 Å². The fourth-order valence-corrected chi connectivity index (χ4v) is 0.755. The molecule has 0 saturated heterocycles. The molecular weight excluding hydrogens is 236 g/mol. The molecule has 4 heteroatoms. The number of ether oxygens (including phenoxy) is 1. The van der Waals surface area contributed by atoms with Crippen molar-refractivity contribution in [2.45, 2.75) is 27.2 Å². The lowest BCUT2D eigenvalue weighted by atomic mass is 9.99. The lowest BCUT2D eigenvalue weighted by molar-refractivity contribution is -0.148. The van der Waals surface area contributed by atoms with Crippen molar-refractivity contribution in [2.75, 3.05) is 11.9 Å². The topological polar surface area (TPSA) is 43.4 Å². The molecule has 0 rings (SSSR count). The molecule has 0 bridgehead atoms. The Morgan fingerprint density at radius 1 is 1.31 bits per heavy atom. The molecule has 0 unspecified atom stereocenters. The van der Waals surface area contributed by atoms with E-state index in [4.69, 9.17) is 4.74 Å². The molecule has 3 nitrogen and oxygen atoms in total. The summed E-state index contributed by atoms with van der Waals surface area (Å²) < 4.78 is 4.90. The number of Topliss-reactive ketones (excluding diaryl/α,β-unsaturated/α-hetero) is 1. The summed E-state index contributed by atoms with van der Waals surface area (Å²) in [5.41, 5.74) is -0.0485. The Balaban J connectivity index is 3.70. The maximum absolute atomic E-state index is 11.0. The smallest absolute Gasteiger partial charge is 0.313 e. The van der Waals surface area contributed by atoms with E-state index in [1.54, 1.807) is 0 Å². The van der Waals surface area contributed by atoms with E-state index >= 15 is 0 Å². The normalized spacial score (nSPS) is 11.1. The van der Waals surface area contributed by atoms with Crippen LogP contribution in [-0.2, 0) is 14.3 Å². The Kier molecular flexibility index (Phi) is 5.21. The van der Waals surface area contributed by atoms with Crippen LogP contribution in [0.5, 0.6) is 0 Å². The Bertz CT molecular complexity index is 194. The van der Waals surface area contributed by atoms with Crippen LogP contribution in [0.3, 0.4) is 0 Å². The van der Waals surface area contributed by atoms with Gasteiger partial charge in [0.25, 0.3) is 0 Å². The molecule has 0 amide bonds. The number of hydrogen-bond acceptors (Lipinski definition) is 3. The second-order valence-corrected chi connectivity index (χ2v) is 4.63. The monoisotopic (exact) mass is 250 g/mol. The predicted octanol–water partition coefficient (Wildman–Crippen LogP) is 1.93. The predicted molar refractivity (Wildman–Crippen MR) is 53.8 cm³/mol. The van der Waals surface area contributed by atoms with E-state index in [0.29, 0.717) is 6.61 Å². The first kappa shape index (κ1) is 12.6.